The first-order valence-corrected chi connectivity index (χ1v) is 12.5. The van der Waals surface area contributed by atoms with Gasteiger partial charge in [0.2, 0.25) is 17.9 Å². The van der Waals surface area contributed by atoms with E-state index in [-0.39, 0.29) is 35.4 Å². The molecule has 0 aromatic heterocycles. The maximum absolute atomic E-state index is 13.3. The van der Waals surface area contributed by atoms with Crippen LogP contribution < -0.4 is 16.1 Å². The second-order valence-corrected chi connectivity index (χ2v) is 10.2. The molecule has 2 rings (SSSR count). The van der Waals surface area contributed by atoms with Crippen molar-refractivity contribution in [3.63, 3.8) is 0 Å². The fourth-order valence-electron chi connectivity index (χ4n) is 3.63. The minimum absolute atomic E-state index is 0.0000365. The standard InChI is InChI=1S/C25H38N4O5S/c1-15(2)12-19(21(30)23-28-29(17(5)6)25(35)34-23)26-22(31)20(13-16(3)4)27-24(32)33-14-18-10-8-7-9-11-18/h7-11,15-17,19-20,23,28H,12-14H2,1-6H3,(H,26,31)(H,27,32)/t19-,20-,23?/m0/s1. The number of carbonyl (C=O) groups excluding carboxylic acids is 3. The van der Waals surface area contributed by atoms with Crippen LogP contribution in [0.2, 0.25) is 0 Å². The summed E-state index contributed by atoms with van der Waals surface area (Å²) in [7, 11) is 0. The van der Waals surface area contributed by atoms with Crippen LogP contribution in [-0.4, -0.2) is 52.3 Å². The highest BCUT2D eigenvalue weighted by Gasteiger charge is 2.39. The second-order valence-electron chi connectivity index (χ2n) is 9.84. The van der Waals surface area contributed by atoms with Crippen molar-refractivity contribution in [2.24, 2.45) is 11.8 Å². The minimum Gasteiger partial charge on any atom is -0.445 e. The predicted octanol–water partition coefficient (Wildman–Crippen LogP) is 3.28. The van der Waals surface area contributed by atoms with Gasteiger partial charge in [-0.25, -0.2) is 4.79 Å². The lowest BCUT2D eigenvalue weighted by atomic mass is 9.97. The van der Waals surface area contributed by atoms with Crippen LogP contribution in [0.25, 0.3) is 0 Å². The molecule has 1 unspecified atom stereocenters. The van der Waals surface area contributed by atoms with Crippen LogP contribution in [0.3, 0.4) is 0 Å². The summed E-state index contributed by atoms with van der Waals surface area (Å²) >= 11 is 5.21. The molecule has 3 N–H and O–H groups in total. The van der Waals surface area contributed by atoms with E-state index in [2.05, 4.69) is 16.1 Å². The van der Waals surface area contributed by atoms with Crippen LogP contribution in [0.15, 0.2) is 30.3 Å². The summed E-state index contributed by atoms with van der Waals surface area (Å²) in [6, 6.07) is 7.61. The van der Waals surface area contributed by atoms with Crippen molar-refractivity contribution in [2.45, 2.75) is 85.3 Å². The Bertz CT molecular complexity index is 878. The molecular formula is C25H38N4O5S. The highest BCUT2D eigenvalue weighted by molar-refractivity contribution is 7.80. The molecule has 10 heteroatoms. The summed E-state index contributed by atoms with van der Waals surface area (Å²) in [5.41, 5.74) is 3.81. The number of amides is 2. The van der Waals surface area contributed by atoms with Gasteiger partial charge in [0.05, 0.1) is 6.04 Å². The number of ether oxygens (including phenoxy) is 2. The van der Waals surface area contributed by atoms with E-state index in [9.17, 15) is 14.4 Å². The van der Waals surface area contributed by atoms with Gasteiger partial charge in [0.15, 0.2) is 0 Å². The van der Waals surface area contributed by atoms with Crippen molar-refractivity contribution in [3.05, 3.63) is 35.9 Å². The van der Waals surface area contributed by atoms with Crippen LogP contribution >= 0.6 is 12.2 Å². The van der Waals surface area contributed by atoms with Crippen molar-refractivity contribution in [3.8, 4) is 0 Å². The highest BCUT2D eigenvalue weighted by atomic mass is 32.1. The Morgan fingerprint density at radius 3 is 2.14 bits per heavy atom. The Kier molecular flexibility index (Phi) is 10.9. The average molecular weight is 507 g/mol. The van der Waals surface area contributed by atoms with Gasteiger partial charge in [-0.15, -0.1) is 0 Å². The normalized spacial score (nSPS) is 17.3. The Morgan fingerprint density at radius 2 is 1.60 bits per heavy atom. The molecule has 1 saturated heterocycles. The molecule has 194 valence electrons. The molecule has 3 atom stereocenters. The third kappa shape index (κ3) is 9.10. The van der Waals surface area contributed by atoms with Crippen LogP contribution in [0.1, 0.15) is 59.9 Å². The molecular weight excluding hydrogens is 468 g/mol. The van der Waals surface area contributed by atoms with Crippen LogP contribution in [0, 0.1) is 11.8 Å². The van der Waals surface area contributed by atoms with E-state index in [1.165, 1.54) is 0 Å². The molecule has 0 aliphatic carbocycles. The number of thiocarbonyl (C=S) groups is 1. The van der Waals surface area contributed by atoms with Crippen molar-refractivity contribution in [1.82, 2.24) is 21.1 Å². The third-order valence-electron chi connectivity index (χ3n) is 5.34. The number of rotatable bonds is 12. The zero-order valence-electron chi connectivity index (χ0n) is 21.4. The quantitative estimate of drug-likeness (QED) is 0.371. The van der Waals surface area contributed by atoms with E-state index in [4.69, 9.17) is 21.7 Å². The third-order valence-corrected chi connectivity index (χ3v) is 5.63. The molecule has 1 aliphatic rings. The lowest BCUT2D eigenvalue weighted by molar-refractivity contribution is -0.134. The maximum Gasteiger partial charge on any atom is 0.408 e. The summed E-state index contributed by atoms with van der Waals surface area (Å²) in [6.45, 7) is 11.8. The van der Waals surface area contributed by atoms with Crippen molar-refractivity contribution in [1.29, 1.82) is 0 Å². The van der Waals surface area contributed by atoms with Gasteiger partial charge < -0.3 is 20.1 Å². The first-order chi connectivity index (χ1) is 16.5. The summed E-state index contributed by atoms with van der Waals surface area (Å²) in [5, 5.41) is 7.28. The van der Waals surface area contributed by atoms with Crippen molar-refractivity contribution < 1.29 is 23.9 Å². The fraction of sp³-hybridized carbons (Fsp3) is 0.600. The topological polar surface area (TPSA) is 109 Å². The van der Waals surface area contributed by atoms with Crippen LogP contribution in [-0.2, 0) is 25.7 Å². The van der Waals surface area contributed by atoms with E-state index in [0.29, 0.717) is 12.8 Å². The number of Topliss-reactive ketones (excluding diaryl/α,β-unsaturated/α-hetero) is 1. The number of hydrazine groups is 1. The number of hydrogen-bond donors (Lipinski definition) is 3. The smallest absolute Gasteiger partial charge is 0.408 e. The number of nitrogens with one attached hydrogen (secondary N) is 3. The Balaban J connectivity index is 2.06. The zero-order chi connectivity index (χ0) is 26.1. The molecule has 0 spiro atoms. The number of hydrogen-bond acceptors (Lipinski definition) is 7. The van der Waals surface area contributed by atoms with E-state index in [1.54, 1.807) is 5.01 Å². The fourth-order valence-corrected chi connectivity index (χ4v) is 3.99. The Hall–Kier alpha value is -2.72. The van der Waals surface area contributed by atoms with Crippen molar-refractivity contribution >= 4 is 35.2 Å². The molecule has 9 nitrogen and oxygen atoms in total. The molecule has 1 aromatic rings. The lowest BCUT2D eigenvalue weighted by Crippen LogP contribution is -2.55. The Labute approximate surface area is 213 Å². The molecule has 1 aliphatic heterocycles. The van der Waals surface area contributed by atoms with Gasteiger partial charge in [0.25, 0.3) is 5.17 Å². The molecule has 0 radical (unpaired) electrons. The molecule has 1 aromatic carbocycles. The SMILES string of the molecule is CC(C)C[C@H](NC(=O)OCc1ccccc1)C(=O)N[C@@H](CC(C)C)C(=O)C1NN(C(C)C)C(=S)O1. The summed E-state index contributed by atoms with van der Waals surface area (Å²) < 4.78 is 10.8. The van der Waals surface area contributed by atoms with Crippen LogP contribution in [0.4, 0.5) is 4.79 Å². The number of alkyl carbamates (subject to hydrolysis) is 1. The zero-order valence-corrected chi connectivity index (χ0v) is 22.2. The van der Waals surface area contributed by atoms with Gasteiger partial charge in [-0.2, -0.15) is 5.43 Å². The van der Waals surface area contributed by atoms with Gasteiger partial charge in [-0.3, -0.25) is 14.6 Å². The van der Waals surface area contributed by atoms with Crippen molar-refractivity contribution in [2.75, 3.05) is 0 Å². The monoisotopic (exact) mass is 506 g/mol. The molecule has 0 saturated carbocycles. The van der Waals surface area contributed by atoms with E-state index < -0.39 is 30.3 Å². The Morgan fingerprint density at radius 1 is 1.00 bits per heavy atom. The number of nitrogens with zero attached hydrogens (tertiary/aromatic N) is 1. The van der Waals surface area contributed by atoms with Gasteiger partial charge >= 0.3 is 6.09 Å². The molecule has 35 heavy (non-hydrogen) atoms. The highest BCUT2D eigenvalue weighted by Crippen LogP contribution is 2.16. The maximum atomic E-state index is 13.3. The van der Waals surface area contributed by atoms with E-state index >= 15 is 0 Å². The first kappa shape index (κ1) is 28.5. The predicted molar refractivity (Wildman–Crippen MR) is 137 cm³/mol. The molecule has 1 heterocycles. The van der Waals surface area contributed by atoms with E-state index in [0.717, 1.165) is 5.56 Å². The van der Waals surface area contributed by atoms with Gasteiger partial charge in [0.1, 0.15) is 12.6 Å². The van der Waals surface area contributed by atoms with Gasteiger partial charge in [0, 0.05) is 6.04 Å². The van der Waals surface area contributed by atoms with Crippen LogP contribution in [0.5, 0.6) is 0 Å². The molecule has 0 bridgehead atoms. The van der Waals surface area contributed by atoms with E-state index in [1.807, 2.05) is 71.9 Å². The van der Waals surface area contributed by atoms with Gasteiger partial charge in [-0.1, -0.05) is 58.0 Å². The number of ketones is 1. The number of benzene rings is 1. The second kappa shape index (κ2) is 13.4. The first-order valence-electron chi connectivity index (χ1n) is 12.0. The van der Waals surface area contributed by atoms with Gasteiger partial charge in [-0.05, 0) is 56.3 Å². The summed E-state index contributed by atoms with van der Waals surface area (Å²) in [5.74, 6) is -0.523. The average Bonchev–Trinajstić information content (AvgIpc) is 3.18. The largest absolute Gasteiger partial charge is 0.445 e. The molecule has 2 amide bonds. The lowest BCUT2D eigenvalue weighted by Gasteiger charge is -2.26. The number of carbonyl (C=O) groups is 3. The summed E-state index contributed by atoms with van der Waals surface area (Å²) in [4.78, 5) is 38.9. The molecule has 1 fully saturated rings. The minimum atomic E-state index is -0.985. The summed E-state index contributed by atoms with van der Waals surface area (Å²) in [6.07, 6.45) is -0.882.